The summed E-state index contributed by atoms with van der Waals surface area (Å²) in [5.41, 5.74) is 2.56. The average Bonchev–Trinajstić information content (AvgIpc) is 2.49. The smallest absolute Gasteiger partial charge is 0 e. The minimum absolute atomic E-state index is 0. The molecule has 0 aliphatic heterocycles. The predicted octanol–water partition coefficient (Wildman–Crippen LogP) is 4.33. The quantitative estimate of drug-likeness (QED) is 0.532. The van der Waals surface area contributed by atoms with E-state index in [0.717, 1.165) is 0 Å². The molecule has 1 heteroatoms. The molecule has 2 aromatic carbocycles. The topological polar surface area (TPSA) is 0 Å². The summed E-state index contributed by atoms with van der Waals surface area (Å²) in [6.45, 7) is 4.04. The molecule has 0 amide bonds. The van der Waals surface area contributed by atoms with E-state index in [0.29, 0.717) is 0 Å². The summed E-state index contributed by atoms with van der Waals surface area (Å²) in [4.78, 5) is 0. The largest absolute Gasteiger partial charge is 0.333 e. The van der Waals surface area contributed by atoms with E-state index in [2.05, 4.69) is 67.6 Å². The zero-order chi connectivity index (χ0) is 11.0. The summed E-state index contributed by atoms with van der Waals surface area (Å²) in [5, 5.41) is 2.59. The second-order valence-corrected chi connectivity index (χ2v) is 4.21. The zero-order valence-corrected chi connectivity index (χ0v) is 13.7. The minimum atomic E-state index is 0. The summed E-state index contributed by atoms with van der Waals surface area (Å²) in [7, 11) is 0. The maximum Gasteiger partial charge on any atom is 0 e. The predicted molar refractivity (Wildman–Crippen MR) is 70.9 cm³/mol. The van der Waals surface area contributed by atoms with E-state index >= 15 is 0 Å². The van der Waals surface area contributed by atoms with E-state index in [1.54, 1.807) is 0 Å². The van der Waals surface area contributed by atoms with Gasteiger partial charge in [-0.2, -0.15) is 0 Å². The van der Waals surface area contributed by atoms with E-state index in [4.69, 9.17) is 0 Å². The van der Waals surface area contributed by atoms with Crippen molar-refractivity contribution in [3.63, 3.8) is 0 Å². The molecule has 0 fully saturated rings. The van der Waals surface area contributed by atoms with E-state index in [1.165, 1.54) is 21.9 Å². The molecule has 0 unspecified atom stereocenters. The molecule has 3 rings (SSSR count). The van der Waals surface area contributed by atoms with Gasteiger partial charge < -0.3 is 6.92 Å². The first-order chi connectivity index (χ1) is 7.83. The molecule has 0 atom stereocenters. The van der Waals surface area contributed by atoms with Gasteiger partial charge in [0.05, 0.1) is 0 Å². The van der Waals surface area contributed by atoms with Crippen LogP contribution >= 0.6 is 0 Å². The summed E-state index contributed by atoms with van der Waals surface area (Å²) < 4.78 is 0. The molecule has 82 valence electrons. The van der Waals surface area contributed by atoms with Crippen molar-refractivity contribution >= 4 is 22.9 Å². The Morgan fingerprint density at radius 3 is 1.76 bits per heavy atom. The van der Waals surface area contributed by atoms with Gasteiger partial charge in [-0.05, 0) is 34.0 Å². The van der Waals surface area contributed by atoms with Crippen LogP contribution in [-0.4, -0.2) is 0 Å². The van der Waals surface area contributed by atoms with E-state index in [-0.39, 0.29) is 37.0 Å². The molecule has 0 N–H and O–H groups in total. The second kappa shape index (κ2) is 5.25. The molecule has 0 spiro atoms. The van der Waals surface area contributed by atoms with Gasteiger partial charge in [0.1, 0.15) is 0 Å². The Kier molecular flexibility index (Phi) is 3.92. The normalized spacial score (nSPS) is 14.2. The fourth-order valence-electron chi connectivity index (χ4n) is 2.08. The summed E-state index contributed by atoms with van der Waals surface area (Å²) in [5.74, 6) is 0.274. The van der Waals surface area contributed by atoms with Gasteiger partial charge in [0.2, 0.25) is 0 Å². The number of rotatable bonds is 0. The Labute approximate surface area is 126 Å². The van der Waals surface area contributed by atoms with Gasteiger partial charge in [0, 0.05) is 31.1 Å². The third-order valence-corrected chi connectivity index (χ3v) is 3.00. The maximum absolute atomic E-state index is 4.04. The minimum Gasteiger partial charge on any atom is -0.333 e. The van der Waals surface area contributed by atoms with Crippen LogP contribution in [0.3, 0.4) is 0 Å². The fraction of sp³-hybridized carbons (Fsp3) is 0.0625. The molecule has 17 heavy (non-hydrogen) atoms. The number of benzene rings is 2. The van der Waals surface area contributed by atoms with Crippen LogP contribution in [0.5, 0.6) is 0 Å². The van der Waals surface area contributed by atoms with Crippen LogP contribution < -0.4 is 0 Å². The first-order valence-corrected chi connectivity index (χ1v) is 5.55. The molecular weight excluding hydrogens is 430 g/mol. The number of hydrogen-bond donors (Lipinski definition) is 0. The van der Waals surface area contributed by atoms with Crippen LogP contribution in [0.1, 0.15) is 11.1 Å². The van der Waals surface area contributed by atoms with Crippen LogP contribution in [0.4, 0.5) is 0 Å². The first kappa shape index (κ1) is 12.7. The van der Waals surface area contributed by atoms with Crippen molar-refractivity contribution in [3.8, 4) is 0 Å². The van der Waals surface area contributed by atoms with E-state index in [9.17, 15) is 0 Å². The summed E-state index contributed by atoms with van der Waals surface area (Å²) >= 11 is 0. The van der Waals surface area contributed by atoms with Crippen molar-refractivity contribution in [1.29, 1.82) is 0 Å². The van der Waals surface area contributed by atoms with Crippen molar-refractivity contribution in [2.45, 2.75) is 0 Å². The fourth-order valence-corrected chi connectivity index (χ4v) is 2.08. The first-order valence-electron chi connectivity index (χ1n) is 5.55. The van der Waals surface area contributed by atoms with Gasteiger partial charge in [0.15, 0.2) is 0 Å². The Morgan fingerprint density at radius 2 is 1.29 bits per heavy atom. The standard InChI is InChI=1S/C16H13.U/c1-12-6-8-15-10-13-4-2-3-5-14(13)11-16(15)9-7-12;/h2-12H,1H2;/q-1;. The second-order valence-electron chi connectivity index (χ2n) is 4.21. The third-order valence-electron chi connectivity index (χ3n) is 3.00. The summed E-state index contributed by atoms with van der Waals surface area (Å²) in [6, 6.07) is 12.9. The van der Waals surface area contributed by atoms with Crippen molar-refractivity contribution in [2.24, 2.45) is 5.92 Å². The Hall–Kier alpha value is -0.768. The number of fused-ring (bicyclic) bond motifs is 2. The van der Waals surface area contributed by atoms with E-state index < -0.39 is 0 Å². The van der Waals surface area contributed by atoms with Crippen molar-refractivity contribution < 1.29 is 31.1 Å². The number of hydrogen-bond acceptors (Lipinski definition) is 0. The van der Waals surface area contributed by atoms with Crippen LogP contribution in [0, 0.1) is 44.0 Å². The molecule has 0 heterocycles. The Bertz CT molecular complexity index is 541. The van der Waals surface area contributed by atoms with Crippen LogP contribution in [0.2, 0.25) is 0 Å². The molecule has 0 bridgehead atoms. The molecular formula is C16H13U-. The zero-order valence-electron chi connectivity index (χ0n) is 9.56. The molecule has 1 aliphatic rings. The van der Waals surface area contributed by atoms with Crippen LogP contribution in [0.15, 0.2) is 48.6 Å². The van der Waals surface area contributed by atoms with Crippen molar-refractivity contribution in [1.82, 2.24) is 0 Å². The van der Waals surface area contributed by atoms with Gasteiger partial charge >= 0.3 is 0 Å². The number of allylic oxidation sites excluding steroid dienone is 2. The summed E-state index contributed by atoms with van der Waals surface area (Å²) in [6.07, 6.45) is 8.60. The molecule has 0 nitrogen and oxygen atoms in total. The van der Waals surface area contributed by atoms with Gasteiger partial charge in [0.25, 0.3) is 0 Å². The molecule has 1 aliphatic carbocycles. The molecule has 0 saturated heterocycles. The van der Waals surface area contributed by atoms with Crippen molar-refractivity contribution in [2.75, 3.05) is 0 Å². The molecule has 0 aromatic heterocycles. The van der Waals surface area contributed by atoms with Gasteiger partial charge in [-0.1, -0.05) is 36.4 Å². The van der Waals surface area contributed by atoms with Crippen molar-refractivity contribution in [3.05, 3.63) is 66.6 Å². The monoisotopic (exact) mass is 443 g/mol. The van der Waals surface area contributed by atoms with Crippen LogP contribution in [0.25, 0.3) is 22.9 Å². The van der Waals surface area contributed by atoms with Gasteiger partial charge in [-0.3, -0.25) is 0 Å². The Morgan fingerprint density at radius 1 is 0.824 bits per heavy atom. The SMILES string of the molecule is [CH2-]C1C=Cc2cc3ccccc3cc2C=C1.[U]. The Balaban J connectivity index is 0.00000108. The molecule has 0 saturated carbocycles. The average molecular weight is 443 g/mol. The molecule has 0 radical (unpaired) electrons. The molecule has 2 aromatic rings. The van der Waals surface area contributed by atoms with E-state index in [1.807, 2.05) is 0 Å². The third kappa shape index (κ3) is 2.57. The van der Waals surface area contributed by atoms with Gasteiger partial charge in [-0.25, -0.2) is 0 Å². The van der Waals surface area contributed by atoms with Crippen LogP contribution in [-0.2, 0) is 0 Å². The van der Waals surface area contributed by atoms with Gasteiger partial charge in [-0.15, -0.1) is 18.1 Å². The maximum atomic E-state index is 4.04.